The summed E-state index contributed by atoms with van der Waals surface area (Å²) in [5, 5.41) is 9.13. The maximum Gasteiger partial charge on any atom is 0.220 e. The van der Waals surface area contributed by atoms with Crippen LogP contribution in [0.15, 0.2) is 30.7 Å². The zero-order valence-corrected chi connectivity index (χ0v) is 9.26. The number of aromatic amines is 1. The molecule has 0 aliphatic heterocycles. The van der Waals surface area contributed by atoms with Gasteiger partial charge in [0.15, 0.2) is 0 Å². The summed E-state index contributed by atoms with van der Waals surface area (Å²) < 4.78 is 0. The molecule has 6 nitrogen and oxygen atoms in total. The minimum atomic E-state index is -0.0212. The number of pyridine rings is 1. The molecule has 0 radical (unpaired) electrons. The summed E-state index contributed by atoms with van der Waals surface area (Å²) in [6.07, 6.45) is 4.20. The van der Waals surface area contributed by atoms with Crippen LogP contribution >= 0.6 is 0 Å². The highest BCUT2D eigenvalue weighted by atomic mass is 16.1. The largest absolute Gasteiger partial charge is 0.349 e. The first-order valence-corrected chi connectivity index (χ1v) is 5.35. The van der Waals surface area contributed by atoms with Crippen molar-refractivity contribution in [2.75, 3.05) is 0 Å². The van der Waals surface area contributed by atoms with Gasteiger partial charge in [0.05, 0.1) is 6.54 Å². The molecule has 88 valence electrons. The van der Waals surface area contributed by atoms with Crippen LogP contribution in [0.2, 0.25) is 0 Å². The van der Waals surface area contributed by atoms with Crippen molar-refractivity contribution in [2.45, 2.75) is 19.4 Å². The quantitative estimate of drug-likeness (QED) is 0.782. The van der Waals surface area contributed by atoms with Gasteiger partial charge in [-0.15, -0.1) is 0 Å². The Hall–Kier alpha value is -2.24. The molecular formula is C11H13N5O. The van der Waals surface area contributed by atoms with Crippen molar-refractivity contribution in [2.24, 2.45) is 0 Å². The molecule has 0 spiro atoms. The summed E-state index contributed by atoms with van der Waals surface area (Å²) in [5.41, 5.74) is 0.919. The second kappa shape index (κ2) is 5.74. The van der Waals surface area contributed by atoms with Gasteiger partial charge in [0.1, 0.15) is 12.2 Å². The molecule has 0 aliphatic rings. The Morgan fingerprint density at radius 1 is 1.35 bits per heavy atom. The minimum absolute atomic E-state index is 0.0212. The molecule has 17 heavy (non-hydrogen) atoms. The lowest BCUT2D eigenvalue weighted by Crippen LogP contribution is -2.23. The van der Waals surface area contributed by atoms with Crippen LogP contribution in [-0.2, 0) is 17.8 Å². The molecule has 0 unspecified atom stereocenters. The van der Waals surface area contributed by atoms with Gasteiger partial charge in [0, 0.05) is 18.3 Å². The van der Waals surface area contributed by atoms with Crippen LogP contribution in [0.5, 0.6) is 0 Å². The summed E-state index contributed by atoms with van der Waals surface area (Å²) in [7, 11) is 0. The Morgan fingerprint density at radius 2 is 2.29 bits per heavy atom. The van der Waals surface area contributed by atoms with E-state index in [-0.39, 0.29) is 5.91 Å². The van der Waals surface area contributed by atoms with E-state index in [0.29, 0.717) is 25.2 Å². The first-order valence-electron chi connectivity index (χ1n) is 5.35. The van der Waals surface area contributed by atoms with Crippen molar-refractivity contribution < 1.29 is 4.79 Å². The normalized spacial score (nSPS) is 10.1. The van der Waals surface area contributed by atoms with Crippen molar-refractivity contribution >= 4 is 5.91 Å². The topological polar surface area (TPSA) is 83.6 Å². The van der Waals surface area contributed by atoms with Crippen LogP contribution < -0.4 is 5.32 Å². The zero-order chi connectivity index (χ0) is 11.9. The Balaban J connectivity index is 1.71. The second-order valence-electron chi connectivity index (χ2n) is 3.53. The molecule has 0 saturated heterocycles. The predicted octanol–water partition coefficient (Wildman–Crippen LogP) is 0.449. The fourth-order valence-corrected chi connectivity index (χ4v) is 1.37. The molecule has 0 aromatic carbocycles. The number of nitrogens with one attached hydrogen (secondary N) is 2. The molecule has 0 fully saturated rings. The second-order valence-corrected chi connectivity index (χ2v) is 3.53. The van der Waals surface area contributed by atoms with E-state index < -0.39 is 0 Å². The molecule has 2 aromatic rings. The molecule has 2 heterocycles. The minimum Gasteiger partial charge on any atom is -0.349 e. The fourth-order valence-electron chi connectivity index (χ4n) is 1.37. The first-order chi connectivity index (χ1) is 8.34. The van der Waals surface area contributed by atoms with Gasteiger partial charge in [0.25, 0.3) is 0 Å². The number of aromatic nitrogens is 4. The average Bonchev–Trinajstić information content (AvgIpc) is 2.88. The lowest BCUT2D eigenvalue weighted by atomic mass is 10.2. The molecule has 1 amide bonds. The van der Waals surface area contributed by atoms with Gasteiger partial charge < -0.3 is 5.32 Å². The number of amides is 1. The fraction of sp³-hybridized carbons (Fsp3) is 0.273. The highest BCUT2D eigenvalue weighted by molar-refractivity contribution is 5.75. The molecule has 2 N–H and O–H groups in total. The SMILES string of the molecule is O=C(CCc1ccccn1)NCc1ncn[nH]1. The summed E-state index contributed by atoms with van der Waals surface area (Å²) in [6.45, 7) is 0.376. The zero-order valence-electron chi connectivity index (χ0n) is 9.26. The van der Waals surface area contributed by atoms with E-state index in [1.165, 1.54) is 6.33 Å². The van der Waals surface area contributed by atoms with Crippen LogP contribution in [0.4, 0.5) is 0 Å². The van der Waals surface area contributed by atoms with E-state index >= 15 is 0 Å². The molecule has 2 rings (SSSR count). The van der Waals surface area contributed by atoms with Gasteiger partial charge in [-0.1, -0.05) is 6.07 Å². The summed E-state index contributed by atoms with van der Waals surface area (Å²) >= 11 is 0. The number of rotatable bonds is 5. The monoisotopic (exact) mass is 231 g/mol. The molecule has 0 atom stereocenters. The third-order valence-electron chi connectivity index (χ3n) is 2.25. The van der Waals surface area contributed by atoms with Crippen molar-refractivity contribution in [3.05, 3.63) is 42.2 Å². The van der Waals surface area contributed by atoms with Crippen LogP contribution in [0.25, 0.3) is 0 Å². The molecule has 0 saturated carbocycles. The van der Waals surface area contributed by atoms with Gasteiger partial charge in [-0.25, -0.2) is 4.98 Å². The Bertz CT molecular complexity index is 454. The standard InChI is InChI=1S/C11H13N5O/c17-11(13-7-10-14-8-15-16-10)5-4-9-3-1-2-6-12-9/h1-3,6,8H,4-5,7H2,(H,13,17)(H,14,15,16). The number of hydrogen-bond donors (Lipinski definition) is 2. The van der Waals surface area contributed by atoms with E-state index in [2.05, 4.69) is 25.5 Å². The van der Waals surface area contributed by atoms with E-state index in [1.54, 1.807) is 6.20 Å². The Labute approximate surface area is 98.5 Å². The molecule has 2 aromatic heterocycles. The van der Waals surface area contributed by atoms with Gasteiger partial charge in [-0.05, 0) is 18.6 Å². The molecular weight excluding hydrogens is 218 g/mol. The average molecular weight is 231 g/mol. The van der Waals surface area contributed by atoms with E-state index in [9.17, 15) is 4.79 Å². The van der Waals surface area contributed by atoms with Gasteiger partial charge in [-0.3, -0.25) is 14.9 Å². The summed E-state index contributed by atoms with van der Waals surface area (Å²) in [4.78, 5) is 19.6. The lowest BCUT2D eigenvalue weighted by Gasteiger charge is -2.02. The van der Waals surface area contributed by atoms with Crippen molar-refractivity contribution in [3.8, 4) is 0 Å². The number of nitrogens with zero attached hydrogens (tertiary/aromatic N) is 3. The number of carbonyl (C=O) groups is 1. The third-order valence-corrected chi connectivity index (χ3v) is 2.25. The molecule has 0 aliphatic carbocycles. The van der Waals surface area contributed by atoms with Crippen LogP contribution in [0.1, 0.15) is 17.9 Å². The Morgan fingerprint density at radius 3 is 3.00 bits per heavy atom. The number of aryl methyl sites for hydroxylation is 1. The number of hydrogen-bond acceptors (Lipinski definition) is 4. The van der Waals surface area contributed by atoms with Crippen LogP contribution in [-0.4, -0.2) is 26.1 Å². The van der Waals surface area contributed by atoms with Gasteiger partial charge in [-0.2, -0.15) is 5.10 Å². The highest BCUT2D eigenvalue weighted by Crippen LogP contribution is 1.98. The smallest absolute Gasteiger partial charge is 0.220 e. The first kappa shape index (κ1) is 11.3. The molecule has 0 bridgehead atoms. The highest BCUT2D eigenvalue weighted by Gasteiger charge is 2.03. The summed E-state index contributed by atoms with van der Waals surface area (Å²) in [6, 6.07) is 5.67. The maximum atomic E-state index is 11.5. The lowest BCUT2D eigenvalue weighted by molar-refractivity contribution is -0.121. The van der Waals surface area contributed by atoms with Gasteiger partial charge in [0.2, 0.25) is 5.91 Å². The van der Waals surface area contributed by atoms with E-state index in [4.69, 9.17) is 0 Å². The predicted molar refractivity (Wildman–Crippen MR) is 60.8 cm³/mol. The van der Waals surface area contributed by atoms with Crippen LogP contribution in [0, 0.1) is 0 Å². The molecule has 6 heteroatoms. The van der Waals surface area contributed by atoms with Gasteiger partial charge >= 0.3 is 0 Å². The van der Waals surface area contributed by atoms with E-state index in [0.717, 1.165) is 5.69 Å². The van der Waals surface area contributed by atoms with Crippen molar-refractivity contribution in [3.63, 3.8) is 0 Å². The number of carbonyl (C=O) groups excluding carboxylic acids is 1. The van der Waals surface area contributed by atoms with E-state index in [1.807, 2.05) is 18.2 Å². The van der Waals surface area contributed by atoms with Crippen molar-refractivity contribution in [1.29, 1.82) is 0 Å². The number of H-pyrrole nitrogens is 1. The van der Waals surface area contributed by atoms with Crippen LogP contribution in [0.3, 0.4) is 0 Å². The third kappa shape index (κ3) is 3.67. The Kier molecular flexibility index (Phi) is 3.80. The van der Waals surface area contributed by atoms with Crippen molar-refractivity contribution in [1.82, 2.24) is 25.5 Å². The maximum absolute atomic E-state index is 11.5. The summed E-state index contributed by atoms with van der Waals surface area (Å²) in [5.74, 6) is 0.628.